The van der Waals surface area contributed by atoms with Crippen LogP contribution in [0.25, 0.3) is 0 Å². The third-order valence-electron chi connectivity index (χ3n) is 3.18. The van der Waals surface area contributed by atoms with Gasteiger partial charge in [-0.25, -0.2) is 0 Å². The first-order valence-electron chi connectivity index (χ1n) is 7.34. The maximum atomic E-state index is 3.18. The lowest BCUT2D eigenvalue weighted by molar-refractivity contribution is 0.164. The summed E-state index contributed by atoms with van der Waals surface area (Å²) in [4.78, 5) is 2.62. The summed E-state index contributed by atoms with van der Waals surface area (Å²) in [5.74, 6) is 7.91. The number of hydrogen-bond acceptors (Lipinski definition) is 1. The number of hydrogen-bond donors (Lipinski definition) is 0. The van der Waals surface area contributed by atoms with Gasteiger partial charge >= 0.3 is 0 Å². The van der Waals surface area contributed by atoms with Crippen molar-refractivity contribution in [1.82, 2.24) is 4.90 Å². The van der Waals surface area contributed by atoms with Gasteiger partial charge in [0.15, 0.2) is 0 Å². The summed E-state index contributed by atoms with van der Waals surface area (Å²) < 4.78 is 0. The molecule has 0 aromatic rings. The average Bonchev–Trinajstić information content (AvgIpc) is 2.34. The van der Waals surface area contributed by atoms with Gasteiger partial charge < -0.3 is 4.90 Å². The summed E-state index contributed by atoms with van der Waals surface area (Å²) in [6.45, 7) is 14.4. The molecule has 0 aliphatic carbocycles. The van der Waals surface area contributed by atoms with Crippen molar-refractivity contribution in [3.8, 4) is 11.8 Å². The normalized spacial score (nSPS) is 17.1. The van der Waals surface area contributed by atoms with Crippen molar-refractivity contribution in [2.75, 3.05) is 19.6 Å². The standard InChI is InChI=1S/C14H25N.C2H6/c1-4-5-6-7-14-8-10-15(11-9-14)12-13(2)3;1-2/h13-14H,6-12H2,1-3H3;1-2H3. The van der Waals surface area contributed by atoms with E-state index in [0.29, 0.717) is 0 Å². The van der Waals surface area contributed by atoms with Crippen LogP contribution < -0.4 is 0 Å². The van der Waals surface area contributed by atoms with E-state index < -0.39 is 0 Å². The molecule has 1 fully saturated rings. The van der Waals surface area contributed by atoms with Crippen LogP contribution in [0.3, 0.4) is 0 Å². The number of rotatable bonds is 4. The lowest BCUT2D eigenvalue weighted by Gasteiger charge is -2.32. The highest BCUT2D eigenvalue weighted by Gasteiger charge is 2.18. The van der Waals surface area contributed by atoms with Crippen LogP contribution in [0.4, 0.5) is 0 Å². The fraction of sp³-hybridized carbons (Fsp3) is 0.875. The molecule has 0 spiro atoms. The van der Waals surface area contributed by atoms with E-state index in [1.807, 2.05) is 20.8 Å². The fourth-order valence-electron chi connectivity index (χ4n) is 2.38. The van der Waals surface area contributed by atoms with Gasteiger partial charge in [-0.05, 0) is 51.1 Å². The molecule has 1 saturated heterocycles. The predicted molar refractivity (Wildman–Crippen MR) is 78.0 cm³/mol. The molecule has 0 atom stereocenters. The molecule has 0 aromatic heterocycles. The molecule has 1 heteroatoms. The van der Waals surface area contributed by atoms with E-state index in [1.165, 1.54) is 38.9 Å². The molecule has 100 valence electrons. The van der Waals surface area contributed by atoms with Crippen LogP contribution in [0.5, 0.6) is 0 Å². The molecule has 0 N–H and O–H groups in total. The summed E-state index contributed by atoms with van der Waals surface area (Å²) in [6.07, 6.45) is 5.19. The quantitative estimate of drug-likeness (QED) is 0.663. The Kier molecular flexibility index (Phi) is 10.4. The molecule has 0 bridgehead atoms. The van der Waals surface area contributed by atoms with Gasteiger partial charge in [0.2, 0.25) is 0 Å². The molecule has 1 aliphatic rings. The lowest BCUT2D eigenvalue weighted by atomic mass is 9.92. The van der Waals surface area contributed by atoms with Crippen LogP contribution in [0.2, 0.25) is 0 Å². The van der Waals surface area contributed by atoms with E-state index in [0.717, 1.165) is 18.3 Å². The molecule has 0 saturated carbocycles. The molecule has 1 rings (SSSR count). The Balaban J connectivity index is 0.00000121. The average molecular weight is 237 g/mol. The maximum absolute atomic E-state index is 3.18. The zero-order valence-electron chi connectivity index (χ0n) is 12.6. The van der Waals surface area contributed by atoms with Crippen LogP contribution in [-0.2, 0) is 0 Å². The minimum absolute atomic E-state index is 0.813. The second-order valence-corrected chi connectivity index (χ2v) is 5.10. The maximum Gasteiger partial charge on any atom is 0.00912 e. The van der Waals surface area contributed by atoms with Crippen LogP contribution in [-0.4, -0.2) is 24.5 Å². The Bertz CT molecular complexity index is 213. The van der Waals surface area contributed by atoms with Crippen LogP contribution in [0.1, 0.15) is 60.3 Å². The van der Waals surface area contributed by atoms with Crippen LogP contribution >= 0.6 is 0 Å². The first-order chi connectivity index (χ1) is 8.22. The fourth-order valence-corrected chi connectivity index (χ4v) is 2.38. The zero-order valence-corrected chi connectivity index (χ0v) is 12.6. The largest absolute Gasteiger partial charge is 0.303 e. The van der Waals surface area contributed by atoms with Gasteiger partial charge in [-0.15, -0.1) is 11.8 Å². The molecule has 1 heterocycles. The van der Waals surface area contributed by atoms with Gasteiger partial charge in [0.1, 0.15) is 0 Å². The number of piperidine rings is 1. The summed E-state index contributed by atoms with van der Waals surface area (Å²) in [6, 6.07) is 0. The van der Waals surface area contributed by atoms with Crippen LogP contribution in [0.15, 0.2) is 0 Å². The molecule has 0 amide bonds. The van der Waals surface area contributed by atoms with Crippen molar-refractivity contribution in [2.45, 2.75) is 60.3 Å². The van der Waals surface area contributed by atoms with Gasteiger partial charge in [-0.1, -0.05) is 27.7 Å². The Morgan fingerprint density at radius 1 is 1.18 bits per heavy atom. The molecule has 1 nitrogen and oxygen atoms in total. The summed E-state index contributed by atoms with van der Waals surface area (Å²) in [5, 5.41) is 0. The molecule has 17 heavy (non-hydrogen) atoms. The van der Waals surface area contributed by atoms with E-state index in [1.54, 1.807) is 0 Å². The minimum Gasteiger partial charge on any atom is -0.303 e. The number of likely N-dealkylation sites (tertiary alicyclic amines) is 1. The van der Waals surface area contributed by atoms with E-state index in [9.17, 15) is 0 Å². The molecular weight excluding hydrogens is 206 g/mol. The zero-order chi connectivity index (χ0) is 13.1. The first-order valence-corrected chi connectivity index (χ1v) is 7.34. The highest BCUT2D eigenvalue weighted by Crippen LogP contribution is 2.22. The third-order valence-corrected chi connectivity index (χ3v) is 3.18. The molecule has 0 radical (unpaired) electrons. The topological polar surface area (TPSA) is 3.24 Å². The predicted octanol–water partition coefficient (Wildman–Crippen LogP) is 4.18. The SMILES string of the molecule is CC.CC#CCCC1CCN(CC(C)C)CC1. The Morgan fingerprint density at radius 2 is 1.76 bits per heavy atom. The second kappa shape index (κ2) is 10.7. The summed E-state index contributed by atoms with van der Waals surface area (Å²) in [7, 11) is 0. The van der Waals surface area contributed by atoms with Crippen LogP contribution in [0, 0.1) is 23.7 Å². The van der Waals surface area contributed by atoms with Gasteiger partial charge in [-0.2, -0.15) is 0 Å². The smallest absolute Gasteiger partial charge is 0.00912 e. The highest BCUT2D eigenvalue weighted by atomic mass is 15.1. The Hall–Kier alpha value is -0.480. The van der Waals surface area contributed by atoms with E-state index in [4.69, 9.17) is 0 Å². The van der Waals surface area contributed by atoms with Crippen molar-refractivity contribution in [1.29, 1.82) is 0 Å². The lowest BCUT2D eigenvalue weighted by Crippen LogP contribution is -2.36. The monoisotopic (exact) mass is 237 g/mol. The summed E-state index contributed by atoms with van der Waals surface area (Å²) in [5.41, 5.74) is 0. The third kappa shape index (κ3) is 8.27. The second-order valence-electron chi connectivity index (χ2n) is 5.10. The number of nitrogens with zero attached hydrogens (tertiary/aromatic N) is 1. The highest BCUT2D eigenvalue weighted by molar-refractivity contribution is 4.95. The van der Waals surface area contributed by atoms with Crippen molar-refractivity contribution in [3.05, 3.63) is 0 Å². The van der Waals surface area contributed by atoms with E-state index in [-0.39, 0.29) is 0 Å². The molecule has 0 aromatic carbocycles. The Labute approximate surface area is 109 Å². The summed E-state index contributed by atoms with van der Waals surface area (Å²) >= 11 is 0. The molecular formula is C16H31N. The van der Waals surface area contributed by atoms with Gasteiger partial charge in [0, 0.05) is 13.0 Å². The van der Waals surface area contributed by atoms with Gasteiger partial charge in [-0.3, -0.25) is 0 Å². The van der Waals surface area contributed by atoms with E-state index >= 15 is 0 Å². The van der Waals surface area contributed by atoms with Gasteiger partial charge in [0.25, 0.3) is 0 Å². The van der Waals surface area contributed by atoms with Crippen molar-refractivity contribution in [2.24, 2.45) is 11.8 Å². The first kappa shape index (κ1) is 16.5. The van der Waals surface area contributed by atoms with Crippen molar-refractivity contribution < 1.29 is 0 Å². The van der Waals surface area contributed by atoms with Gasteiger partial charge in [0.05, 0.1) is 0 Å². The minimum atomic E-state index is 0.813. The Morgan fingerprint density at radius 3 is 2.24 bits per heavy atom. The molecule has 1 aliphatic heterocycles. The van der Waals surface area contributed by atoms with Crippen molar-refractivity contribution in [3.63, 3.8) is 0 Å². The van der Waals surface area contributed by atoms with Crippen molar-refractivity contribution >= 4 is 0 Å². The molecule has 0 unspecified atom stereocenters. The van der Waals surface area contributed by atoms with E-state index in [2.05, 4.69) is 30.6 Å².